The largest absolute Gasteiger partial charge is 0.160 e. The average molecular weight is 306 g/mol. The van der Waals surface area contributed by atoms with Crippen molar-refractivity contribution in [1.82, 2.24) is 0 Å². The monoisotopic (exact) mass is 306 g/mol. The normalized spacial score (nSPS) is 15.4. The van der Waals surface area contributed by atoms with Gasteiger partial charge in [0.25, 0.3) is 0 Å². The zero-order chi connectivity index (χ0) is 11.8. The first-order chi connectivity index (χ1) is 7.01. The van der Waals surface area contributed by atoms with Gasteiger partial charge in [0.2, 0.25) is 0 Å². The van der Waals surface area contributed by atoms with Crippen LogP contribution < -0.4 is 0 Å². The van der Waals surface area contributed by atoms with Crippen molar-refractivity contribution >= 4 is 11.4 Å². The molecule has 0 aromatic rings. The topological polar surface area (TPSA) is 24.7 Å². The first-order valence-corrected chi connectivity index (χ1v) is 6.07. The van der Waals surface area contributed by atoms with Gasteiger partial charge in [0.1, 0.15) is 0 Å². The molecule has 1 rings (SSSR count). The molecule has 0 saturated carbocycles. The summed E-state index contributed by atoms with van der Waals surface area (Å²) >= 11 is 0. The van der Waals surface area contributed by atoms with Gasteiger partial charge in [-0.05, 0) is 25.7 Å². The fourth-order valence-corrected chi connectivity index (χ4v) is 1.42. The SMILES string of the molecule is C.CC1=NN=C(C)C1.CCC(C)C(C)CC.[Ar].[Ar]. The van der Waals surface area contributed by atoms with Crippen molar-refractivity contribution in [2.24, 2.45) is 22.0 Å². The molecule has 0 aromatic heterocycles. The van der Waals surface area contributed by atoms with Gasteiger partial charge < -0.3 is 0 Å². The molecule has 2 nitrogen and oxygen atoms in total. The average Bonchev–Trinajstić information content (AvgIpc) is 2.61. The van der Waals surface area contributed by atoms with Gasteiger partial charge >= 0.3 is 0 Å². The molecule has 0 saturated heterocycles. The van der Waals surface area contributed by atoms with Crippen LogP contribution in [0.5, 0.6) is 0 Å². The Labute approximate surface area is 174 Å². The fourth-order valence-electron chi connectivity index (χ4n) is 1.42. The van der Waals surface area contributed by atoms with Crippen LogP contribution in [0.1, 0.15) is 68.2 Å². The molecule has 0 aromatic carbocycles. The molecule has 1 heterocycles. The molecule has 18 heavy (non-hydrogen) atoms. The van der Waals surface area contributed by atoms with Gasteiger partial charge in [-0.1, -0.05) is 48.0 Å². The predicted octanol–water partition coefficient (Wildman–Crippen LogP) is 4.94. The number of nitrogens with zero attached hydrogens (tertiary/aromatic N) is 2. The molecule has 0 spiro atoms. The van der Waals surface area contributed by atoms with E-state index >= 15 is 0 Å². The van der Waals surface area contributed by atoms with Crippen molar-refractivity contribution in [3.05, 3.63) is 0 Å². The Hall–Kier alpha value is 1.86. The van der Waals surface area contributed by atoms with E-state index in [1.165, 1.54) is 12.8 Å². The third-order valence-electron chi connectivity index (χ3n) is 3.16. The fraction of sp³-hybridized carbons (Fsp3) is 0.857. The third kappa shape index (κ3) is 14.3. The Morgan fingerprint density at radius 2 is 1.17 bits per heavy atom. The van der Waals surface area contributed by atoms with Gasteiger partial charge in [-0.2, -0.15) is 10.2 Å². The minimum atomic E-state index is 0. The number of hydrogen-bond donors (Lipinski definition) is 0. The second-order valence-corrected chi connectivity index (χ2v) is 4.62. The van der Waals surface area contributed by atoms with E-state index in [1.54, 1.807) is 0 Å². The molecular weight excluding hydrogens is 276 g/mol. The van der Waals surface area contributed by atoms with Crippen molar-refractivity contribution in [2.75, 3.05) is 0 Å². The summed E-state index contributed by atoms with van der Waals surface area (Å²) in [6, 6.07) is 0. The molecule has 0 bridgehead atoms. The van der Waals surface area contributed by atoms with Crippen LogP contribution in [0.3, 0.4) is 0 Å². The van der Waals surface area contributed by atoms with Crippen LogP contribution in [0.4, 0.5) is 0 Å². The molecular formula is C14H30Ar2N2. The van der Waals surface area contributed by atoms with Crippen molar-refractivity contribution in [3.8, 4) is 0 Å². The summed E-state index contributed by atoms with van der Waals surface area (Å²) in [4.78, 5) is 0. The van der Waals surface area contributed by atoms with E-state index in [0.29, 0.717) is 0 Å². The Morgan fingerprint density at radius 3 is 1.28 bits per heavy atom. The van der Waals surface area contributed by atoms with Crippen LogP contribution in [-0.2, 0) is 0 Å². The summed E-state index contributed by atoms with van der Waals surface area (Å²) in [5.74, 6) is 1.83. The second kappa shape index (κ2) is 16.9. The van der Waals surface area contributed by atoms with E-state index in [0.717, 1.165) is 29.7 Å². The maximum absolute atomic E-state index is 3.82. The van der Waals surface area contributed by atoms with E-state index in [2.05, 4.69) is 37.9 Å². The van der Waals surface area contributed by atoms with Gasteiger partial charge in [-0.25, -0.2) is 0 Å². The van der Waals surface area contributed by atoms with Crippen molar-refractivity contribution in [1.29, 1.82) is 0 Å². The van der Waals surface area contributed by atoms with E-state index in [9.17, 15) is 0 Å². The summed E-state index contributed by atoms with van der Waals surface area (Å²) in [6.07, 6.45) is 3.63. The molecule has 0 N–H and O–H groups in total. The van der Waals surface area contributed by atoms with Gasteiger partial charge in [-0.15, -0.1) is 0 Å². The zero-order valence-electron chi connectivity index (χ0n) is 11.9. The summed E-state index contributed by atoms with van der Waals surface area (Å²) < 4.78 is 0. The van der Waals surface area contributed by atoms with Crippen LogP contribution in [0.2, 0.25) is 0 Å². The Morgan fingerprint density at radius 1 is 0.889 bits per heavy atom. The first kappa shape index (κ1) is 28.1. The van der Waals surface area contributed by atoms with Crippen molar-refractivity contribution in [2.45, 2.75) is 68.2 Å². The third-order valence-corrected chi connectivity index (χ3v) is 3.16. The molecule has 2 atom stereocenters. The molecule has 0 radical (unpaired) electrons. The smallest absolute Gasteiger partial charge is 0.0431 e. The molecule has 1 aliphatic heterocycles. The summed E-state index contributed by atoms with van der Waals surface area (Å²) in [5, 5.41) is 7.64. The summed E-state index contributed by atoms with van der Waals surface area (Å²) in [7, 11) is 0. The molecule has 1 aliphatic rings. The van der Waals surface area contributed by atoms with Crippen molar-refractivity contribution in [3.63, 3.8) is 0 Å². The minimum absolute atomic E-state index is 0. The van der Waals surface area contributed by atoms with E-state index < -0.39 is 0 Å². The molecule has 4 heteroatoms. The molecule has 112 valence electrons. The molecule has 0 aliphatic carbocycles. The van der Waals surface area contributed by atoms with Crippen LogP contribution in [0, 0.1) is 87.3 Å². The predicted molar refractivity (Wildman–Crippen MR) is 76.5 cm³/mol. The maximum Gasteiger partial charge on any atom is 0.0431 e. The Kier molecular flexibility index (Phi) is 26.4. The molecule has 0 amide bonds. The van der Waals surface area contributed by atoms with Gasteiger partial charge in [0.05, 0.1) is 0 Å². The van der Waals surface area contributed by atoms with Crippen LogP contribution in [-0.4, -0.2) is 11.4 Å². The minimum Gasteiger partial charge on any atom is -0.160 e. The number of hydrogen-bond acceptors (Lipinski definition) is 2. The Balaban J connectivity index is -0.0000000935. The van der Waals surface area contributed by atoms with Crippen LogP contribution >= 0.6 is 0 Å². The summed E-state index contributed by atoms with van der Waals surface area (Å²) in [5.41, 5.74) is 2.25. The first-order valence-electron chi connectivity index (χ1n) is 6.07. The Bertz CT molecular complexity index is 214. The van der Waals surface area contributed by atoms with Crippen LogP contribution in [0.25, 0.3) is 0 Å². The van der Waals surface area contributed by atoms with E-state index in [-0.39, 0.29) is 82.9 Å². The van der Waals surface area contributed by atoms with E-state index in [1.807, 2.05) is 13.8 Å². The van der Waals surface area contributed by atoms with Crippen LogP contribution in [0.15, 0.2) is 10.2 Å². The van der Waals surface area contributed by atoms with Gasteiger partial charge in [0.15, 0.2) is 0 Å². The van der Waals surface area contributed by atoms with Gasteiger partial charge in [-0.3, -0.25) is 0 Å². The quantitative estimate of drug-likeness (QED) is 0.705. The van der Waals surface area contributed by atoms with Gasteiger partial charge in [0, 0.05) is 93.3 Å². The second-order valence-electron chi connectivity index (χ2n) is 4.62. The maximum atomic E-state index is 3.82. The molecule has 0 fully saturated rings. The summed E-state index contributed by atoms with van der Waals surface area (Å²) in [6.45, 7) is 13.1. The van der Waals surface area contributed by atoms with E-state index in [4.69, 9.17) is 0 Å². The molecule has 2 unspecified atom stereocenters. The van der Waals surface area contributed by atoms with Crippen molar-refractivity contribution < 1.29 is 75.5 Å². The number of rotatable bonds is 3. The zero-order valence-corrected chi connectivity index (χ0v) is 13.3. The standard InChI is InChI=1S/C8H18.C5H8N2.CH4.2Ar/c1-5-7(3)8(4)6-2;1-4-3-5(2)7-6-4;;;/h7-8H,5-6H2,1-4H3;3H2,1-2H3;1H4;;.